The van der Waals surface area contributed by atoms with E-state index >= 15 is 0 Å². The Morgan fingerprint density at radius 1 is 1.33 bits per heavy atom. The van der Waals surface area contributed by atoms with E-state index in [1.165, 1.54) is 5.56 Å². The Balaban J connectivity index is 1.71. The average molecular weight is 309 g/mol. The third kappa shape index (κ3) is 6.06. The van der Waals surface area contributed by atoms with Crippen LogP contribution in [0.1, 0.15) is 57.1 Å². The van der Waals surface area contributed by atoms with Crippen molar-refractivity contribution in [2.45, 2.75) is 57.5 Å². The van der Waals surface area contributed by atoms with E-state index in [-0.39, 0.29) is 5.91 Å². The van der Waals surface area contributed by atoms with Crippen molar-refractivity contribution >= 4 is 17.5 Å². The maximum atomic E-state index is 11.6. The number of carbonyl (C=O) groups is 1. The molecule has 1 atom stereocenters. The predicted molar refractivity (Wildman–Crippen MR) is 87.5 cm³/mol. The normalized spacial score (nSPS) is 15.7. The van der Waals surface area contributed by atoms with Crippen LogP contribution < -0.4 is 10.6 Å². The molecule has 1 fully saturated rings. The molecule has 0 aromatic heterocycles. The zero-order valence-corrected chi connectivity index (χ0v) is 13.5. The van der Waals surface area contributed by atoms with Gasteiger partial charge >= 0.3 is 0 Å². The molecule has 0 radical (unpaired) electrons. The first-order valence-corrected chi connectivity index (χ1v) is 8.35. The summed E-state index contributed by atoms with van der Waals surface area (Å²) in [5.41, 5.74) is 1.27. The van der Waals surface area contributed by atoms with E-state index in [4.69, 9.17) is 11.6 Å². The first-order chi connectivity index (χ1) is 10.2. The molecule has 2 N–H and O–H groups in total. The predicted octanol–water partition coefficient (Wildman–Crippen LogP) is 3.83. The molecular weight excluding hydrogens is 284 g/mol. The molecule has 1 aromatic rings. The van der Waals surface area contributed by atoms with Gasteiger partial charge in [0.05, 0.1) is 0 Å². The quantitative estimate of drug-likeness (QED) is 0.681. The molecule has 1 aromatic carbocycles. The van der Waals surface area contributed by atoms with Crippen LogP contribution in [0.4, 0.5) is 0 Å². The maximum Gasteiger partial charge on any atom is 0.220 e. The zero-order valence-electron chi connectivity index (χ0n) is 12.7. The van der Waals surface area contributed by atoms with Gasteiger partial charge in [-0.1, -0.05) is 37.1 Å². The molecule has 1 amide bonds. The molecule has 4 heteroatoms. The number of rotatable bonds is 9. The lowest BCUT2D eigenvalue weighted by atomic mass is 10.0. The Bertz CT molecular complexity index is 443. The number of hydrogen-bond donors (Lipinski definition) is 2. The molecule has 1 aliphatic carbocycles. The van der Waals surface area contributed by atoms with Gasteiger partial charge in [0, 0.05) is 23.5 Å². The summed E-state index contributed by atoms with van der Waals surface area (Å²) in [7, 11) is 0. The molecule has 2 rings (SSSR count). The van der Waals surface area contributed by atoms with E-state index in [0.29, 0.717) is 18.5 Å². The third-order valence-electron chi connectivity index (χ3n) is 3.76. The maximum absolute atomic E-state index is 11.6. The van der Waals surface area contributed by atoms with Crippen molar-refractivity contribution in [1.82, 2.24) is 10.6 Å². The van der Waals surface area contributed by atoms with Crippen LogP contribution in [0.15, 0.2) is 24.3 Å². The summed E-state index contributed by atoms with van der Waals surface area (Å²) < 4.78 is 0. The number of benzene rings is 1. The Labute approximate surface area is 132 Å². The fraction of sp³-hybridized carbons (Fsp3) is 0.588. The standard InChI is InChI=1S/C17H25ClN2O/c1-2-4-16(13-6-8-14(18)9-7-13)19-12-3-5-17(21)20-15-10-11-15/h6-9,15-16,19H,2-5,10-12H2,1H3,(H,20,21). The van der Waals surface area contributed by atoms with Crippen LogP contribution in [0.25, 0.3) is 0 Å². The summed E-state index contributed by atoms with van der Waals surface area (Å²) >= 11 is 5.94. The Morgan fingerprint density at radius 2 is 2.05 bits per heavy atom. The minimum atomic E-state index is 0.192. The molecule has 1 aliphatic rings. The molecule has 116 valence electrons. The number of carbonyl (C=O) groups excluding carboxylic acids is 1. The van der Waals surface area contributed by atoms with Crippen molar-refractivity contribution < 1.29 is 4.79 Å². The minimum Gasteiger partial charge on any atom is -0.353 e. The topological polar surface area (TPSA) is 41.1 Å². The van der Waals surface area contributed by atoms with E-state index in [0.717, 1.165) is 43.7 Å². The average Bonchev–Trinajstić information content (AvgIpc) is 3.27. The van der Waals surface area contributed by atoms with Gasteiger partial charge in [0.2, 0.25) is 5.91 Å². The van der Waals surface area contributed by atoms with Gasteiger partial charge in [-0.05, 0) is 49.9 Å². The van der Waals surface area contributed by atoms with Crippen LogP contribution in [-0.2, 0) is 4.79 Å². The Morgan fingerprint density at radius 3 is 2.67 bits per heavy atom. The van der Waals surface area contributed by atoms with Gasteiger partial charge in [-0.15, -0.1) is 0 Å². The van der Waals surface area contributed by atoms with E-state index in [2.05, 4.69) is 29.7 Å². The first-order valence-electron chi connectivity index (χ1n) is 7.97. The number of halogens is 1. The zero-order chi connectivity index (χ0) is 15.1. The highest BCUT2D eigenvalue weighted by molar-refractivity contribution is 6.30. The smallest absolute Gasteiger partial charge is 0.220 e. The molecular formula is C17H25ClN2O. The van der Waals surface area contributed by atoms with Gasteiger partial charge in [0.25, 0.3) is 0 Å². The van der Waals surface area contributed by atoms with Gasteiger partial charge in [-0.3, -0.25) is 4.79 Å². The molecule has 0 bridgehead atoms. The van der Waals surface area contributed by atoms with Gasteiger partial charge in [0.1, 0.15) is 0 Å². The van der Waals surface area contributed by atoms with Gasteiger partial charge < -0.3 is 10.6 Å². The summed E-state index contributed by atoms with van der Waals surface area (Å²) in [6, 6.07) is 8.84. The molecule has 0 heterocycles. The van der Waals surface area contributed by atoms with Crippen LogP contribution in [0, 0.1) is 0 Å². The fourth-order valence-corrected chi connectivity index (χ4v) is 2.55. The fourth-order valence-electron chi connectivity index (χ4n) is 2.42. The van der Waals surface area contributed by atoms with Crippen LogP contribution in [0.3, 0.4) is 0 Å². The highest BCUT2D eigenvalue weighted by Crippen LogP contribution is 2.21. The molecule has 0 spiro atoms. The highest BCUT2D eigenvalue weighted by atomic mass is 35.5. The monoisotopic (exact) mass is 308 g/mol. The molecule has 3 nitrogen and oxygen atoms in total. The van der Waals surface area contributed by atoms with Gasteiger partial charge in [-0.25, -0.2) is 0 Å². The van der Waals surface area contributed by atoms with Crippen molar-refractivity contribution in [2.24, 2.45) is 0 Å². The largest absolute Gasteiger partial charge is 0.353 e. The summed E-state index contributed by atoms with van der Waals surface area (Å²) in [6.45, 7) is 3.05. The highest BCUT2D eigenvalue weighted by Gasteiger charge is 2.22. The minimum absolute atomic E-state index is 0.192. The number of amides is 1. The van der Waals surface area contributed by atoms with Crippen molar-refractivity contribution in [1.29, 1.82) is 0 Å². The van der Waals surface area contributed by atoms with E-state index < -0.39 is 0 Å². The lowest BCUT2D eigenvalue weighted by Gasteiger charge is -2.18. The number of hydrogen-bond acceptors (Lipinski definition) is 2. The van der Waals surface area contributed by atoms with Gasteiger partial charge in [-0.2, -0.15) is 0 Å². The molecule has 1 unspecified atom stereocenters. The second kappa shape index (κ2) is 8.40. The van der Waals surface area contributed by atoms with Crippen LogP contribution in [0.2, 0.25) is 5.02 Å². The van der Waals surface area contributed by atoms with E-state index in [9.17, 15) is 4.79 Å². The van der Waals surface area contributed by atoms with Crippen LogP contribution in [0.5, 0.6) is 0 Å². The second-order valence-corrected chi connectivity index (χ2v) is 6.23. The Hall–Kier alpha value is -1.06. The summed E-state index contributed by atoms with van der Waals surface area (Å²) in [5, 5.41) is 7.35. The summed E-state index contributed by atoms with van der Waals surface area (Å²) in [5.74, 6) is 0.192. The van der Waals surface area contributed by atoms with Crippen molar-refractivity contribution in [3.8, 4) is 0 Å². The van der Waals surface area contributed by atoms with Crippen molar-refractivity contribution in [3.05, 3.63) is 34.9 Å². The molecule has 21 heavy (non-hydrogen) atoms. The SMILES string of the molecule is CCCC(NCCCC(=O)NC1CC1)c1ccc(Cl)cc1. The van der Waals surface area contributed by atoms with Crippen molar-refractivity contribution in [2.75, 3.05) is 6.54 Å². The second-order valence-electron chi connectivity index (χ2n) is 5.79. The Kier molecular flexibility index (Phi) is 6.52. The lowest BCUT2D eigenvalue weighted by molar-refractivity contribution is -0.121. The van der Waals surface area contributed by atoms with Crippen molar-refractivity contribution in [3.63, 3.8) is 0 Å². The van der Waals surface area contributed by atoms with E-state index in [1.807, 2.05) is 12.1 Å². The van der Waals surface area contributed by atoms with Gasteiger partial charge in [0.15, 0.2) is 0 Å². The van der Waals surface area contributed by atoms with Crippen LogP contribution >= 0.6 is 11.6 Å². The van der Waals surface area contributed by atoms with E-state index in [1.54, 1.807) is 0 Å². The molecule has 0 aliphatic heterocycles. The third-order valence-corrected chi connectivity index (χ3v) is 4.02. The summed E-state index contributed by atoms with van der Waals surface area (Å²) in [6.07, 6.45) is 6.02. The summed E-state index contributed by atoms with van der Waals surface area (Å²) in [4.78, 5) is 11.6. The molecule has 1 saturated carbocycles. The molecule has 0 saturated heterocycles. The first kappa shape index (κ1) is 16.3. The lowest BCUT2D eigenvalue weighted by Crippen LogP contribution is -2.27. The van der Waals surface area contributed by atoms with Crippen LogP contribution in [-0.4, -0.2) is 18.5 Å². The number of nitrogens with one attached hydrogen (secondary N) is 2.